The van der Waals surface area contributed by atoms with Gasteiger partial charge in [0.15, 0.2) is 16.7 Å². The summed E-state index contributed by atoms with van der Waals surface area (Å²) in [6, 6.07) is 23.6. The molecule has 1 aliphatic rings. The number of hydrogen-bond acceptors (Lipinski definition) is 7. The average Bonchev–Trinajstić information content (AvgIpc) is 3.36. The Morgan fingerprint density at radius 3 is 2.66 bits per heavy atom. The van der Waals surface area contributed by atoms with E-state index in [0.717, 1.165) is 29.7 Å². The Hall–Kier alpha value is -3.78. The van der Waals surface area contributed by atoms with E-state index in [-0.39, 0.29) is 18.0 Å². The van der Waals surface area contributed by atoms with Crippen LogP contribution >= 0.6 is 11.8 Å². The normalized spacial score (nSPS) is 12.9. The van der Waals surface area contributed by atoms with Crippen LogP contribution in [0.25, 0.3) is 10.9 Å². The quantitative estimate of drug-likeness (QED) is 0.238. The van der Waals surface area contributed by atoms with Crippen LogP contribution in [0.15, 0.2) is 78.0 Å². The summed E-state index contributed by atoms with van der Waals surface area (Å²) < 4.78 is 10.8. The van der Waals surface area contributed by atoms with E-state index in [1.807, 2.05) is 55.5 Å². The number of para-hydroxylation sites is 1. The molecular weight excluding hydrogens is 460 g/mol. The zero-order chi connectivity index (χ0) is 24.0. The monoisotopic (exact) mass is 486 g/mol. The number of ether oxygens (including phenoxy) is 2. The highest BCUT2D eigenvalue weighted by Gasteiger charge is 2.22. The Morgan fingerprint density at radius 2 is 1.80 bits per heavy atom. The van der Waals surface area contributed by atoms with E-state index in [2.05, 4.69) is 22.8 Å². The van der Waals surface area contributed by atoms with Gasteiger partial charge >= 0.3 is 0 Å². The topological polar surface area (TPSA) is 85.4 Å². The molecule has 7 nitrogen and oxygen atoms in total. The van der Waals surface area contributed by atoms with Crippen molar-refractivity contribution in [2.45, 2.75) is 30.2 Å². The standard InChI is InChI=1S/C27H26N4O3S/c1-2-24(26(32)29-19-12-13-22-23(16-19)34-17-33-22)35-27-30-21-11-7-6-10-20(21)25(31-27)28-15-14-18-8-4-3-5-9-18/h3-13,16,24H,2,14-15,17H2,1H3,(H,29,32)(H,28,30,31)/t24-/m0/s1. The summed E-state index contributed by atoms with van der Waals surface area (Å²) >= 11 is 1.37. The third kappa shape index (κ3) is 5.49. The average molecular weight is 487 g/mol. The highest BCUT2D eigenvalue weighted by Crippen LogP contribution is 2.35. The summed E-state index contributed by atoms with van der Waals surface area (Å²) in [6.45, 7) is 2.93. The predicted molar refractivity (Wildman–Crippen MR) is 139 cm³/mol. The molecule has 1 atom stereocenters. The van der Waals surface area contributed by atoms with E-state index in [1.165, 1.54) is 17.3 Å². The van der Waals surface area contributed by atoms with Gasteiger partial charge in [-0.25, -0.2) is 9.97 Å². The fourth-order valence-corrected chi connectivity index (χ4v) is 4.74. The van der Waals surface area contributed by atoms with Crippen LogP contribution in [0.4, 0.5) is 11.5 Å². The van der Waals surface area contributed by atoms with Gasteiger partial charge < -0.3 is 20.1 Å². The molecule has 0 spiro atoms. The lowest BCUT2D eigenvalue weighted by Gasteiger charge is -2.16. The molecule has 0 saturated carbocycles. The maximum atomic E-state index is 13.1. The van der Waals surface area contributed by atoms with Crippen LogP contribution in [-0.4, -0.2) is 34.5 Å². The molecule has 0 bridgehead atoms. The van der Waals surface area contributed by atoms with Crippen LogP contribution in [0.2, 0.25) is 0 Å². The van der Waals surface area contributed by atoms with Gasteiger partial charge in [0.1, 0.15) is 5.82 Å². The Kier molecular flexibility index (Phi) is 6.99. The number of benzene rings is 3. The number of rotatable bonds is 9. The summed E-state index contributed by atoms with van der Waals surface area (Å²) in [5.74, 6) is 1.99. The van der Waals surface area contributed by atoms with Gasteiger partial charge in [0, 0.05) is 23.7 Å². The Morgan fingerprint density at radius 1 is 1.00 bits per heavy atom. The fraction of sp³-hybridized carbons (Fsp3) is 0.222. The largest absolute Gasteiger partial charge is 0.454 e. The SMILES string of the molecule is CC[C@H](Sc1nc(NCCc2ccccc2)c2ccccc2n1)C(=O)Nc1ccc2c(c1)OCO2. The molecule has 35 heavy (non-hydrogen) atoms. The van der Waals surface area contributed by atoms with E-state index < -0.39 is 0 Å². The van der Waals surface area contributed by atoms with Gasteiger partial charge in [-0.2, -0.15) is 0 Å². The molecule has 2 heterocycles. The molecular formula is C27H26N4O3S. The third-order valence-corrected chi connectivity index (χ3v) is 6.91. The molecule has 1 aromatic heterocycles. The first kappa shape index (κ1) is 23.0. The molecule has 3 aromatic carbocycles. The third-order valence-electron chi connectivity index (χ3n) is 5.68. The number of fused-ring (bicyclic) bond motifs is 2. The van der Waals surface area contributed by atoms with Crippen LogP contribution < -0.4 is 20.1 Å². The van der Waals surface area contributed by atoms with Gasteiger partial charge in [-0.15, -0.1) is 0 Å². The maximum Gasteiger partial charge on any atom is 0.237 e. The van der Waals surface area contributed by atoms with Gasteiger partial charge in [-0.3, -0.25) is 4.79 Å². The molecule has 5 rings (SSSR count). The van der Waals surface area contributed by atoms with E-state index in [0.29, 0.717) is 28.8 Å². The van der Waals surface area contributed by atoms with E-state index in [1.54, 1.807) is 12.1 Å². The van der Waals surface area contributed by atoms with Crippen LogP contribution in [0.1, 0.15) is 18.9 Å². The zero-order valence-electron chi connectivity index (χ0n) is 19.4. The fourth-order valence-electron chi connectivity index (χ4n) is 3.86. The number of anilines is 2. The Bertz CT molecular complexity index is 1330. The van der Waals surface area contributed by atoms with Gasteiger partial charge in [0.2, 0.25) is 12.7 Å². The van der Waals surface area contributed by atoms with Crippen LogP contribution in [0.5, 0.6) is 11.5 Å². The summed E-state index contributed by atoms with van der Waals surface area (Å²) in [5.41, 5.74) is 2.78. The highest BCUT2D eigenvalue weighted by molar-refractivity contribution is 8.00. The number of hydrogen-bond donors (Lipinski definition) is 2. The molecule has 0 aliphatic carbocycles. The van der Waals surface area contributed by atoms with Crippen molar-refractivity contribution in [2.24, 2.45) is 0 Å². The van der Waals surface area contributed by atoms with E-state index in [9.17, 15) is 4.79 Å². The van der Waals surface area contributed by atoms with Crippen molar-refractivity contribution < 1.29 is 14.3 Å². The minimum absolute atomic E-state index is 0.105. The van der Waals surface area contributed by atoms with E-state index >= 15 is 0 Å². The summed E-state index contributed by atoms with van der Waals surface area (Å²) in [7, 11) is 0. The van der Waals surface area contributed by atoms with Gasteiger partial charge in [0.05, 0.1) is 10.8 Å². The first-order chi connectivity index (χ1) is 17.2. The molecule has 0 saturated heterocycles. The Labute approximate surface area is 208 Å². The number of carbonyl (C=O) groups excluding carboxylic acids is 1. The van der Waals surface area contributed by atoms with Crippen LogP contribution in [0.3, 0.4) is 0 Å². The van der Waals surface area contributed by atoms with Crippen molar-refractivity contribution >= 4 is 40.1 Å². The number of thioether (sulfide) groups is 1. The van der Waals surface area contributed by atoms with Gasteiger partial charge in [0.25, 0.3) is 0 Å². The van der Waals surface area contributed by atoms with Crippen molar-refractivity contribution in [1.82, 2.24) is 9.97 Å². The minimum Gasteiger partial charge on any atom is -0.454 e. The predicted octanol–water partition coefficient (Wildman–Crippen LogP) is 5.52. The van der Waals surface area contributed by atoms with Crippen molar-refractivity contribution in [3.63, 3.8) is 0 Å². The molecule has 4 aromatic rings. The van der Waals surface area contributed by atoms with Crippen LogP contribution in [0, 0.1) is 0 Å². The second kappa shape index (κ2) is 10.7. The summed E-state index contributed by atoms with van der Waals surface area (Å²) in [5, 5.41) is 7.63. The summed E-state index contributed by atoms with van der Waals surface area (Å²) in [6.07, 6.45) is 1.52. The summed E-state index contributed by atoms with van der Waals surface area (Å²) in [4.78, 5) is 22.6. The molecule has 0 fully saturated rings. The molecule has 1 amide bonds. The first-order valence-electron chi connectivity index (χ1n) is 11.6. The smallest absolute Gasteiger partial charge is 0.237 e. The molecule has 0 radical (unpaired) electrons. The lowest BCUT2D eigenvalue weighted by atomic mass is 10.1. The Balaban J connectivity index is 1.31. The van der Waals surface area contributed by atoms with Gasteiger partial charge in [-0.1, -0.05) is 61.2 Å². The highest BCUT2D eigenvalue weighted by atomic mass is 32.2. The minimum atomic E-state index is -0.348. The maximum absolute atomic E-state index is 13.1. The second-order valence-corrected chi connectivity index (χ2v) is 9.28. The van der Waals surface area contributed by atoms with E-state index in [4.69, 9.17) is 19.4 Å². The molecule has 178 valence electrons. The second-order valence-electron chi connectivity index (χ2n) is 8.11. The van der Waals surface area contributed by atoms with Crippen molar-refractivity contribution in [3.8, 4) is 11.5 Å². The number of carbonyl (C=O) groups is 1. The van der Waals surface area contributed by atoms with Crippen molar-refractivity contribution in [3.05, 3.63) is 78.4 Å². The van der Waals surface area contributed by atoms with Crippen molar-refractivity contribution in [2.75, 3.05) is 24.0 Å². The first-order valence-corrected chi connectivity index (χ1v) is 12.5. The number of nitrogens with one attached hydrogen (secondary N) is 2. The van der Waals surface area contributed by atoms with Gasteiger partial charge in [-0.05, 0) is 42.7 Å². The zero-order valence-corrected chi connectivity index (χ0v) is 20.2. The van der Waals surface area contributed by atoms with Crippen molar-refractivity contribution in [1.29, 1.82) is 0 Å². The number of aromatic nitrogens is 2. The molecule has 8 heteroatoms. The lowest BCUT2D eigenvalue weighted by molar-refractivity contribution is -0.115. The number of amides is 1. The molecule has 1 aliphatic heterocycles. The van der Waals surface area contributed by atoms with Crippen LogP contribution in [-0.2, 0) is 11.2 Å². The molecule has 0 unspecified atom stereocenters. The number of nitrogens with zero attached hydrogens (tertiary/aromatic N) is 2. The lowest BCUT2D eigenvalue weighted by Crippen LogP contribution is -2.25. The molecule has 2 N–H and O–H groups in total.